The number of anilines is 1. The second-order valence-corrected chi connectivity index (χ2v) is 11.9. The van der Waals surface area contributed by atoms with Crippen molar-refractivity contribution in [1.82, 2.24) is 24.8 Å². The zero-order chi connectivity index (χ0) is 29.5. The van der Waals surface area contributed by atoms with Gasteiger partial charge in [0.25, 0.3) is 0 Å². The molecule has 12 heteroatoms. The van der Waals surface area contributed by atoms with Crippen molar-refractivity contribution < 1.29 is 24.5 Å². The summed E-state index contributed by atoms with van der Waals surface area (Å²) in [6, 6.07) is 7.12. The highest BCUT2D eigenvalue weighted by Crippen LogP contribution is 2.36. The van der Waals surface area contributed by atoms with E-state index in [9.17, 15) is 25.1 Å². The molecule has 3 aliphatic heterocycles. The summed E-state index contributed by atoms with van der Waals surface area (Å²) in [7, 11) is 0. The fraction of sp³-hybridized carbons (Fsp3) is 0.483. The highest BCUT2D eigenvalue weighted by atomic mass is 16.5. The van der Waals surface area contributed by atoms with Gasteiger partial charge in [0, 0.05) is 30.4 Å². The number of nitriles is 1. The lowest BCUT2D eigenvalue weighted by molar-refractivity contribution is -0.148. The Labute approximate surface area is 238 Å². The molecule has 3 N–H and O–H groups in total. The predicted octanol–water partition coefficient (Wildman–Crippen LogP) is 2.89. The van der Waals surface area contributed by atoms with Gasteiger partial charge in [0.1, 0.15) is 30.3 Å². The van der Waals surface area contributed by atoms with Gasteiger partial charge >= 0.3 is 6.09 Å². The second-order valence-electron chi connectivity index (χ2n) is 11.9. The van der Waals surface area contributed by atoms with Gasteiger partial charge in [-0.3, -0.25) is 4.79 Å². The minimum Gasteiger partial charge on any atom is -0.489 e. The van der Waals surface area contributed by atoms with E-state index in [4.69, 9.17) is 9.72 Å². The summed E-state index contributed by atoms with van der Waals surface area (Å²) in [4.78, 5) is 33.2. The summed E-state index contributed by atoms with van der Waals surface area (Å²) in [5.41, 5.74) is 1.55. The van der Waals surface area contributed by atoms with E-state index in [0.29, 0.717) is 36.3 Å². The van der Waals surface area contributed by atoms with Gasteiger partial charge in [0.15, 0.2) is 0 Å². The van der Waals surface area contributed by atoms with E-state index in [-0.39, 0.29) is 30.5 Å². The Bertz CT molecular complexity index is 1480. The molecule has 0 radical (unpaired) electrons. The molecule has 6 rings (SSSR count). The van der Waals surface area contributed by atoms with Crippen molar-refractivity contribution in [3.8, 4) is 22.9 Å². The molecular weight excluding hydrogens is 526 g/mol. The average molecular weight is 562 g/mol. The number of aromatic nitrogens is 3. The van der Waals surface area contributed by atoms with Gasteiger partial charge < -0.3 is 30.1 Å². The Hall–Kier alpha value is -4.37. The number of hydrogen-bond donors (Lipinski definition) is 3. The summed E-state index contributed by atoms with van der Waals surface area (Å²) in [5, 5.41) is 35.7. The number of rotatable bonds is 9. The lowest BCUT2D eigenvalue weighted by Gasteiger charge is -2.57. The Balaban J connectivity index is 1.34. The van der Waals surface area contributed by atoms with Crippen molar-refractivity contribution in [1.29, 1.82) is 5.26 Å². The van der Waals surface area contributed by atoms with Gasteiger partial charge in [0.2, 0.25) is 5.91 Å². The molecule has 3 atom stereocenters. The Morgan fingerprint density at radius 2 is 1.98 bits per heavy atom. The monoisotopic (exact) mass is 561 g/mol. The predicted molar refractivity (Wildman–Crippen MR) is 151 cm³/mol. The van der Waals surface area contributed by atoms with Crippen LogP contribution in [0.15, 0.2) is 36.8 Å². The minimum absolute atomic E-state index is 0.00203. The molecule has 3 aliphatic rings. The first-order valence-electron chi connectivity index (χ1n) is 13.7. The third-order valence-corrected chi connectivity index (χ3v) is 7.43. The Morgan fingerprint density at radius 1 is 1.24 bits per heavy atom. The number of carboxylic acid groups (broad SMARTS) is 1. The quantitative estimate of drug-likeness (QED) is 0.357. The van der Waals surface area contributed by atoms with Crippen molar-refractivity contribution in [3.63, 3.8) is 0 Å². The largest absolute Gasteiger partial charge is 0.489 e. The van der Waals surface area contributed by atoms with Crippen LogP contribution in [0.4, 0.5) is 10.6 Å². The second kappa shape index (κ2) is 10.9. The van der Waals surface area contributed by atoms with Crippen LogP contribution in [0.5, 0.6) is 5.75 Å². The first kappa shape index (κ1) is 28.2. The van der Waals surface area contributed by atoms with E-state index < -0.39 is 17.7 Å². The van der Waals surface area contributed by atoms with Crippen molar-refractivity contribution in [2.45, 2.75) is 64.3 Å². The smallest absolute Gasteiger partial charge is 0.405 e. The van der Waals surface area contributed by atoms with E-state index in [0.717, 1.165) is 23.4 Å². The van der Waals surface area contributed by atoms with Crippen LogP contribution in [0, 0.1) is 17.2 Å². The first-order chi connectivity index (χ1) is 19.4. The Morgan fingerprint density at radius 3 is 2.56 bits per heavy atom. The van der Waals surface area contributed by atoms with Crippen LogP contribution in [-0.4, -0.2) is 85.1 Å². The number of ether oxygens (including phenoxy) is 1. The number of carbonyl (C=O) groups excluding carboxylic acids is 1. The summed E-state index contributed by atoms with van der Waals surface area (Å²) in [5.74, 6) is 1.30. The number of fused-ring (bicyclic) bond motifs is 3. The average Bonchev–Trinajstić information content (AvgIpc) is 3.33. The molecule has 2 bridgehead atoms. The van der Waals surface area contributed by atoms with Crippen molar-refractivity contribution in [2.24, 2.45) is 5.92 Å². The van der Waals surface area contributed by atoms with Gasteiger partial charge in [-0.15, -0.1) is 0 Å². The van der Waals surface area contributed by atoms with Gasteiger partial charge in [-0.1, -0.05) is 13.8 Å². The number of nitrogens with zero attached hydrogens (tertiary/aromatic N) is 6. The fourth-order valence-corrected chi connectivity index (χ4v) is 5.65. The van der Waals surface area contributed by atoms with Crippen molar-refractivity contribution in [2.75, 3.05) is 24.6 Å². The van der Waals surface area contributed by atoms with Gasteiger partial charge in [-0.25, -0.2) is 14.3 Å². The molecular formula is C29H35N7O5. The van der Waals surface area contributed by atoms with E-state index in [1.807, 2.05) is 36.9 Å². The number of carbonyl (C=O) groups is 2. The van der Waals surface area contributed by atoms with Crippen LogP contribution in [0.25, 0.3) is 16.6 Å². The van der Waals surface area contributed by atoms with Gasteiger partial charge in [0.05, 0.1) is 41.2 Å². The van der Waals surface area contributed by atoms with E-state index in [2.05, 4.69) is 21.4 Å². The lowest BCUT2D eigenvalue weighted by atomic mass is 9.85. The SMILES string of the molecule is CC(C)CC(NC(=O)O)C(=O)N1C2CC1CN(c1ccc(-c3cc(OCC(C)(C)O)cn4ncc(C#N)c34)cn1)C2. The third-order valence-electron chi connectivity index (χ3n) is 7.43. The number of piperazine rings is 1. The molecule has 3 fully saturated rings. The van der Waals surface area contributed by atoms with Crippen LogP contribution in [0.3, 0.4) is 0 Å². The number of hydrogen-bond acceptors (Lipinski definition) is 8. The molecule has 0 saturated carbocycles. The van der Waals surface area contributed by atoms with Crippen LogP contribution >= 0.6 is 0 Å². The van der Waals surface area contributed by atoms with E-state index >= 15 is 0 Å². The molecule has 0 spiro atoms. The molecule has 41 heavy (non-hydrogen) atoms. The standard InChI is InChI=1S/C29H35N7O5/c1-17(2)7-24(33-28(38)39)27(37)36-20-8-21(36)14-34(13-20)25-6-5-18(11-31-25)23-9-22(41-16-29(3,4)40)15-35-26(23)19(10-30)12-32-35/h5-6,9,11-12,15,17,20-21,24,33,40H,7-8,13-14,16H2,1-4H3,(H,38,39). The molecule has 3 unspecified atom stereocenters. The molecule has 3 aromatic heterocycles. The normalized spacial score (nSPS) is 19.0. The molecule has 3 saturated heterocycles. The molecule has 6 heterocycles. The number of piperidine rings is 1. The number of nitrogens with one attached hydrogen (secondary N) is 1. The lowest BCUT2D eigenvalue weighted by Crippen LogP contribution is -2.72. The maximum Gasteiger partial charge on any atom is 0.405 e. The Kier molecular flexibility index (Phi) is 7.48. The molecule has 12 nitrogen and oxygen atoms in total. The topological polar surface area (TPSA) is 156 Å². The molecule has 3 aromatic rings. The zero-order valence-electron chi connectivity index (χ0n) is 23.6. The maximum atomic E-state index is 13.2. The van der Waals surface area contributed by atoms with E-state index in [1.54, 1.807) is 30.8 Å². The summed E-state index contributed by atoms with van der Waals surface area (Å²) in [6.07, 6.45) is 5.08. The highest BCUT2D eigenvalue weighted by molar-refractivity contribution is 5.87. The maximum absolute atomic E-state index is 13.2. The van der Waals surface area contributed by atoms with Crippen LogP contribution in [0.2, 0.25) is 0 Å². The number of amides is 2. The molecule has 216 valence electrons. The third kappa shape index (κ3) is 5.90. The van der Waals surface area contributed by atoms with Gasteiger partial charge in [-0.2, -0.15) is 10.4 Å². The summed E-state index contributed by atoms with van der Waals surface area (Å²) < 4.78 is 7.41. The van der Waals surface area contributed by atoms with Crippen molar-refractivity contribution >= 4 is 23.3 Å². The first-order valence-corrected chi connectivity index (χ1v) is 13.7. The van der Waals surface area contributed by atoms with Gasteiger partial charge in [-0.05, 0) is 50.8 Å². The molecule has 0 aliphatic carbocycles. The summed E-state index contributed by atoms with van der Waals surface area (Å²) >= 11 is 0. The molecule has 0 aromatic carbocycles. The fourth-order valence-electron chi connectivity index (χ4n) is 5.65. The minimum atomic E-state index is -1.19. The van der Waals surface area contributed by atoms with Crippen LogP contribution < -0.4 is 15.0 Å². The van der Waals surface area contributed by atoms with Crippen molar-refractivity contribution in [3.05, 3.63) is 42.4 Å². The number of pyridine rings is 2. The summed E-state index contributed by atoms with van der Waals surface area (Å²) in [6.45, 7) is 8.57. The zero-order valence-corrected chi connectivity index (χ0v) is 23.6. The number of aliphatic hydroxyl groups is 1. The highest BCUT2D eigenvalue weighted by Gasteiger charge is 2.49. The van der Waals surface area contributed by atoms with E-state index in [1.165, 1.54) is 6.20 Å². The van der Waals surface area contributed by atoms with Crippen LogP contribution in [0.1, 0.15) is 46.1 Å². The van der Waals surface area contributed by atoms with Crippen LogP contribution in [-0.2, 0) is 4.79 Å². The molecule has 2 amide bonds.